The highest BCUT2D eigenvalue weighted by molar-refractivity contribution is 5.82. The molecule has 0 aliphatic carbocycles. The molecule has 1 aromatic rings. The van der Waals surface area contributed by atoms with E-state index in [0.717, 1.165) is 5.56 Å². The normalized spacial score (nSPS) is 11.8. The van der Waals surface area contributed by atoms with Crippen molar-refractivity contribution in [2.75, 3.05) is 19.8 Å². The number of carbonyl (C=O) groups excluding carboxylic acids is 2. The van der Waals surface area contributed by atoms with E-state index in [-0.39, 0.29) is 25.7 Å². The first-order chi connectivity index (χ1) is 8.61. The van der Waals surface area contributed by atoms with Crippen LogP contribution < -0.4 is 16.8 Å². The van der Waals surface area contributed by atoms with Gasteiger partial charge in [0.2, 0.25) is 11.8 Å². The van der Waals surface area contributed by atoms with Gasteiger partial charge in [0, 0.05) is 6.54 Å². The number of rotatable bonds is 7. The van der Waals surface area contributed by atoms with Gasteiger partial charge in [0.1, 0.15) is 12.6 Å². The smallest absolute Gasteiger partial charge is 0.243 e. The molecule has 1 unspecified atom stereocenters. The lowest BCUT2D eigenvalue weighted by Gasteiger charge is -2.12. The summed E-state index contributed by atoms with van der Waals surface area (Å²) in [5, 5.41) is 2.61. The van der Waals surface area contributed by atoms with E-state index in [1.54, 1.807) is 12.1 Å². The van der Waals surface area contributed by atoms with Gasteiger partial charge in [-0.3, -0.25) is 9.59 Å². The fourth-order valence-corrected chi connectivity index (χ4v) is 1.34. The molecule has 0 heterocycles. The Balaban J connectivity index is 2.26. The lowest BCUT2D eigenvalue weighted by atomic mass is 10.1. The number of amides is 2. The fourth-order valence-electron chi connectivity index (χ4n) is 1.34. The number of carbonyl (C=O) groups is 2. The Morgan fingerprint density at radius 2 is 1.94 bits per heavy atom. The maximum absolute atomic E-state index is 11.7. The van der Waals surface area contributed by atoms with Gasteiger partial charge in [-0.25, -0.2) is 0 Å². The SMILES string of the molecule is NC(=O)COCCNC(=O)C(N)c1ccccc1. The molecule has 0 fully saturated rings. The third-order valence-electron chi connectivity index (χ3n) is 2.23. The molecule has 1 aromatic carbocycles. The van der Waals surface area contributed by atoms with E-state index in [1.165, 1.54) is 0 Å². The van der Waals surface area contributed by atoms with E-state index in [0.29, 0.717) is 0 Å². The summed E-state index contributed by atoms with van der Waals surface area (Å²) >= 11 is 0. The van der Waals surface area contributed by atoms with Crippen molar-refractivity contribution in [3.8, 4) is 0 Å². The zero-order valence-electron chi connectivity index (χ0n) is 9.96. The molecule has 1 rings (SSSR count). The van der Waals surface area contributed by atoms with Gasteiger partial charge in [0.25, 0.3) is 0 Å². The maximum Gasteiger partial charge on any atom is 0.243 e. The molecular formula is C12H17N3O3. The molecule has 0 aromatic heterocycles. The van der Waals surface area contributed by atoms with Crippen molar-refractivity contribution in [2.45, 2.75) is 6.04 Å². The summed E-state index contributed by atoms with van der Waals surface area (Å²) in [5.74, 6) is -0.828. The molecule has 18 heavy (non-hydrogen) atoms. The van der Waals surface area contributed by atoms with Crippen LogP contribution in [-0.2, 0) is 14.3 Å². The van der Waals surface area contributed by atoms with Gasteiger partial charge in [-0.1, -0.05) is 30.3 Å². The van der Waals surface area contributed by atoms with Gasteiger partial charge in [-0.05, 0) is 5.56 Å². The number of hydrogen-bond acceptors (Lipinski definition) is 4. The average molecular weight is 251 g/mol. The van der Waals surface area contributed by atoms with Gasteiger partial charge in [0.05, 0.1) is 6.61 Å². The third kappa shape index (κ3) is 4.94. The van der Waals surface area contributed by atoms with Crippen LogP contribution in [0, 0.1) is 0 Å². The molecule has 6 heteroatoms. The molecule has 5 N–H and O–H groups in total. The Labute approximate surface area is 105 Å². The standard InChI is InChI=1S/C12H17N3O3/c13-10(16)8-18-7-6-15-12(17)11(14)9-4-2-1-3-5-9/h1-5,11H,6-8,14H2,(H2,13,16)(H,15,17). The minimum atomic E-state index is -0.706. The molecule has 6 nitrogen and oxygen atoms in total. The fraction of sp³-hybridized carbons (Fsp3) is 0.333. The molecule has 0 spiro atoms. The van der Waals surface area contributed by atoms with Gasteiger partial charge >= 0.3 is 0 Å². The third-order valence-corrected chi connectivity index (χ3v) is 2.23. The van der Waals surface area contributed by atoms with Crippen LogP contribution in [0.15, 0.2) is 30.3 Å². The summed E-state index contributed by atoms with van der Waals surface area (Å²) in [6.45, 7) is 0.351. The Morgan fingerprint density at radius 3 is 2.56 bits per heavy atom. The molecule has 2 amide bonds. The summed E-state index contributed by atoms with van der Waals surface area (Å²) < 4.78 is 4.90. The van der Waals surface area contributed by atoms with E-state index in [1.807, 2.05) is 18.2 Å². The second kappa shape index (κ2) is 7.41. The average Bonchev–Trinajstić information content (AvgIpc) is 2.38. The second-order valence-corrected chi connectivity index (χ2v) is 3.70. The zero-order chi connectivity index (χ0) is 13.4. The van der Waals surface area contributed by atoms with Gasteiger partial charge in [-0.2, -0.15) is 0 Å². The van der Waals surface area contributed by atoms with Crippen LogP contribution >= 0.6 is 0 Å². The first-order valence-electron chi connectivity index (χ1n) is 5.55. The van der Waals surface area contributed by atoms with Gasteiger partial charge in [0.15, 0.2) is 0 Å². The molecule has 0 aliphatic heterocycles. The Morgan fingerprint density at radius 1 is 1.28 bits per heavy atom. The number of hydrogen-bond donors (Lipinski definition) is 3. The summed E-state index contributed by atoms with van der Waals surface area (Å²) in [7, 11) is 0. The predicted octanol–water partition coefficient (Wildman–Crippen LogP) is -0.695. The Bertz CT molecular complexity index is 395. The van der Waals surface area contributed by atoms with Crippen molar-refractivity contribution in [2.24, 2.45) is 11.5 Å². The van der Waals surface area contributed by atoms with Crippen LogP contribution in [0.25, 0.3) is 0 Å². The minimum absolute atomic E-state index is 0.152. The lowest BCUT2D eigenvalue weighted by Crippen LogP contribution is -2.36. The van der Waals surface area contributed by atoms with E-state index < -0.39 is 11.9 Å². The van der Waals surface area contributed by atoms with E-state index in [2.05, 4.69) is 5.32 Å². The highest BCUT2D eigenvalue weighted by Gasteiger charge is 2.14. The van der Waals surface area contributed by atoms with Gasteiger partial charge in [-0.15, -0.1) is 0 Å². The summed E-state index contributed by atoms with van der Waals surface area (Å²) in [6.07, 6.45) is 0. The molecule has 0 aliphatic rings. The van der Waals surface area contributed by atoms with Crippen LogP contribution in [0.5, 0.6) is 0 Å². The molecule has 0 radical (unpaired) electrons. The van der Waals surface area contributed by atoms with Crippen LogP contribution in [-0.4, -0.2) is 31.6 Å². The zero-order valence-corrected chi connectivity index (χ0v) is 9.96. The van der Waals surface area contributed by atoms with Crippen molar-refractivity contribution in [3.63, 3.8) is 0 Å². The Kier molecular flexibility index (Phi) is 5.83. The first kappa shape index (κ1) is 14.1. The van der Waals surface area contributed by atoms with E-state index in [4.69, 9.17) is 16.2 Å². The number of primary amides is 1. The monoisotopic (exact) mass is 251 g/mol. The van der Waals surface area contributed by atoms with Crippen molar-refractivity contribution in [3.05, 3.63) is 35.9 Å². The summed E-state index contributed by atoms with van der Waals surface area (Å²) in [6, 6.07) is 8.35. The number of ether oxygens (including phenoxy) is 1. The molecule has 0 bridgehead atoms. The van der Waals surface area contributed by atoms with Crippen molar-refractivity contribution in [1.82, 2.24) is 5.32 Å². The largest absolute Gasteiger partial charge is 0.370 e. The number of nitrogens with one attached hydrogen (secondary N) is 1. The predicted molar refractivity (Wildman–Crippen MR) is 66.4 cm³/mol. The minimum Gasteiger partial charge on any atom is -0.370 e. The quantitative estimate of drug-likeness (QED) is 0.557. The number of nitrogens with two attached hydrogens (primary N) is 2. The summed E-state index contributed by atoms with van der Waals surface area (Å²) in [5.41, 5.74) is 11.4. The lowest BCUT2D eigenvalue weighted by molar-refractivity contribution is -0.123. The highest BCUT2D eigenvalue weighted by Crippen LogP contribution is 2.08. The molecule has 0 saturated heterocycles. The maximum atomic E-state index is 11.7. The highest BCUT2D eigenvalue weighted by atomic mass is 16.5. The first-order valence-corrected chi connectivity index (χ1v) is 5.55. The van der Waals surface area contributed by atoms with Crippen molar-refractivity contribution < 1.29 is 14.3 Å². The molecule has 1 atom stereocenters. The molecular weight excluding hydrogens is 234 g/mol. The van der Waals surface area contributed by atoms with Crippen LogP contribution in [0.4, 0.5) is 0 Å². The van der Waals surface area contributed by atoms with Crippen LogP contribution in [0.2, 0.25) is 0 Å². The molecule has 98 valence electrons. The second-order valence-electron chi connectivity index (χ2n) is 3.70. The summed E-state index contributed by atoms with van der Waals surface area (Å²) in [4.78, 5) is 22.0. The number of benzene rings is 1. The Hall–Kier alpha value is -1.92. The van der Waals surface area contributed by atoms with Gasteiger partial charge < -0.3 is 21.5 Å². The van der Waals surface area contributed by atoms with Crippen molar-refractivity contribution in [1.29, 1.82) is 0 Å². The van der Waals surface area contributed by atoms with Crippen LogP contribution in [0.3, 0.4) is 0 Å². The molecule has 0 saturated carbocycles. The van der Waals surface area contributed by atoms with E-state index in [9.17, 15) is 9.59 Å². The van der Waals surface area contributed by atoms with Crippen LogP contribution in [0.1, 0.15) is 11.6 Å². The van der Waals surface area contributed by atoms with E-state index >= 15 is 0 Å². The topological polar surface area (TPSA) is 107 Å². The van der Waals surface area contributed by atoms with Crippen molar-refractivity contribution >= 4 is 11.8 Å².